The molecule has 0 fully saturated rings. The number of rotatable bonds is 4. The van der Waals surface area contributed by atoms with Crippen molar-refractivity contribution in [1.82, 2.24) is 9.97 Å². The van der Waals surface area contributed by atoms with Gasteiger partial charge in [-0.2, -0.15) is 23.4 Å². The lowest BCUT2D eigenvalue weighted by Crippen LogP contribution is -2.12. The number of nitrogens with one attached hydrogen (secondary N) is 2. The third-order valence-electron chi connectivity index (χ3n) is 3.24. The summed E-state index contributed by atoms with van der Waals surface area (Å²) in [6.45, 7) is 1.73. The van der Waals surface area contributed by atoms with Crippen LogP contribution in [0.2, 0.25) is 0 Å². The molecule has 0 saturated heterocycles. The summed E-state index contributed by atoms with van der Waals surface area (Å²) in [6, 6.07) is 5.19. The van der Waals surface area contributed by atoms with Gasteiger partial charge in [-0.15, -0.1) is 0 Å². The molecule has 0 atom stereocenters. The minimum Gasteiger partial charge on any atom is -0.495 e. The van der Waals surface area contributed by atoms with Crippen LogP contribution in [0.3, 0.4) is 0 Å². The van der Waals surface area contributed by atoms with E-state index in [9.17, 15) is 13.2 Å². The predicted octanol–water partition coefficient (Wildman–Crippen LogP) is 3.47. The number of anilines is 3. The smallest absolute Gasteiger partial charge is 0.421 e. The third-order valence-corrected chi connectivity index (χ3v) is 3.24. The van der Waals surface area contributed by atoms with Gasteiger partial charge in [0.2, 0.25) is 5.95 Å². The second kappa shape index (κ2) is 6.62. The molecule has 0 radical (unpaired) electrons. The number of benzene rings is 1. The maximum Gasteiger partial charge on any atom is 0.421 e. The second-order valence-electron chi connectivity index (χ2n) is 4.81. The first-order valence-electron chi connectivity index (χ1n) is 6.78. The monoisotopic (exact) mass is 337 g/mol. The van der Waals surface area contributed by atoms with Gasteiger partial charge in [0.1, 0.15) is 17.1 Å². The Morgan fingerprint density at radius 1 is 1.29 bits per heavy atom. The largest absolute Gasteiger partial charge is 0.495 e. The molecule has 0 aliphatic heterocycles. The van der Waals surface area contributed by atoms with E-state index in [0.29, 0.717) is 28.8 Å². The highest BCUT2D eigenvalue weighted by molar-refractivity contribution is 5.67. The van der Waals surface area contributed by atoms with Gasteiger partial charge in [0.05, 0.1) is 24.4 Å². The van der Waals surface area contributed by atoms with Crippen molar-refractivity contribution in [1.29, 1.82) is 5.26 Å². The molecule has 2 aromatic rings. The Morgan fingerprint density at radius 3 is 2.54 bits per heavy atom. The van der Waals surface area contributed by atoms with Crippen LogP contribution in [0.5, 0.6) is 5.75 Å². The van der Waals surface area contributed by atoms with Crippen LogP contribution in [-0.4, -0.2) is 24.1 Å². The molecular formula is C15H14F3N5O. The number of aromatic nitrogens is 2. The van der Waals surface area contributed by atoms with Crippen molar-refractivity contribution < 1.29 is 17.9 Å². The zero-order valence-corrected chi connectivity index (χ0v) is 13.1. The van der Waals surface area contributed by atoms with Crippen molar-refractivity contribution in [2.45, 2.75) is 13.1 Å². The molecule has 1 heterocycles. The van der Waals surface area contributed by atoms with E-state index in [2.05, 4.69) is 20.6 Å². The van der Waals surface area contributed by atoms with Crippen molar-refractivity contribution in [2.24, 2.45) is 0 Å². The molecule has 6 nitrogen and oxygen atoms in total. The fourth-order valence-corrected chi connectivity index (χ4v) is 2.04. The van der Waals surface area contributed by atoms with Gasteiger partial charge in [0, 0.05) is 19.3 Å². The van der Waals surface area contributed by atoms with Crippen molar-refractivity contribution in [2.75, 3.05) is 24.8 Å². The molecule has 9 heteroatoms. The zero-order valence-electron chi connectivity index (χ0n) is 13.1. The number of halogens is 3. The Morgan fingerprint density at radius 2 is 2.00 bits per heavy atom. The summed E-state index contributed by atoms with van der Waals surface area (Å²) in [5, 5.41) is 14.2. The first-order chi connectivity index (χ1) is 11.3. The van der Waals surface area contributed by atoms with Crippen LogP contribution in [0.4, 0.5) is 30.6 Å². The van der Waals surface area contributed by atoms with Crippen LogP contribution >= 0.6 is 0 Å². The summed E-state index contributed by atoms with van der Waals surface area (Å²) >= 11 is 0. The van der Waals surface area contributed by atoms with E-state index in [0.717, 1.165) is 0 Å². The molecule has 0 amide bonds. The van der Waals surface area contributed by atoms with Gasteiger partial charge >= 0.3 is 6.18 Å². The molecule has 0 aliphatic carbocycles. The number of nitriles is 1. The number of hydrogen-bond acceptors (Lipinski definition) is 6. The van der Waals surface area contributed by atoms with Crippen LogP contribution in [0, 0.1) is 18.3 Å². The number of nitrogens with zero attached hydrogens (tertiary/aromatic N) is 3. The summed E-state index contributed by atoms with van der Waals surface area (Å²) in [7, 11) is 2.76. The Hall–Kier alpha value is -3.02. The van der Waals surface area contributed by atoms with Crippen LogP contribution in [0.15, 0.2) is 18.3 Å². The average molecular weight is 337 g/mol. The van der Waals surface area contributed by atoms with Gasteiger partial charge in [0.25, 0.3) is 0 Å². The quantitative estimate of drug-likeness (QED) is 0.889. The molecule has 0 saturated carbocycles. The van der Waals surface area contributed by atoms with Gasteiger partial charge in [-0.25, -0.2) is 4.98 Å². The number of hydrogen-bond donors (Lipinski definition) is 2. The van der Waals surface area contributed by atoms with Crippen LogP contribution < -0.4 is 15.4 Å². The SMILES string of the molecule is CNc1nc(Nc2cc(C)c(C#N)cc2OC)ncc1C(F)(F)F. The normalized spacial score (nSPS) is 10.9. The molecule has 0 aliphatic rings. The van der Waals surface area contributed by atoms with E-state index in [1.54, 1.807) is 13.0 Å². The standard InChI is InChI=1S/C15H14F3N5O/c1-8-4-11(12(24-3)5-9(8)6-19)22-14-21-7-10(15(16,17)18)13(20-2)23-14/h4-5,7H,1-3H3,(H2,20,21,22,23). The van der Waals surface area contributed by atoms with Crippen molar-refractivity contribution in [3.63, 3.8) is 0 Å². The van der Waals surface area contributed by atoms with Gasteiger partial charge in [0.15, 0.2) is 0 Å². The van der Waals surface area contributed by atoms with Gasteiger partial charge in [-0.05, 0) is 18.6 Å². The molecule has 0 bridgehead atoms. The van der Waals surface area contributed by atoms with Crippen molar-refractivity contribution >= 4 is 17.5 Å². The van der Waals surface area contributed by atoms with E-state index in [1.165, 1.54) is 20.2 Å². The molecular weight excluding hydrogens is 323 g/mol. The molecule has 2 N–H and O–H groups in total. The number of ether oxygens (including phenoxy) is 1. The van der Waals surface area contributed by atoms with Gasteiger partial charge in [-0.3, -0.25) is 0 Å². The van der Waals surface area contributed by atoms with Gasteiger partial charge in [-0.1, -0.05) is 0 Å². The van der Waals surface area contributed by atoms with Gasteiger partial charge < -0.3 is 15.4 Å². The summed E-state index contributed by atoms with van der Waals surface area (Å²) in [5.41, 5.74) is 0.595. The lowest BCUT2D eigenvalue weighted by atomic mass is 10.1. The van der Waals surface area contributed by atoms with Crippen molar-refractivity contribution in [3.8, 4) is 11.8 Å². The fourth-order valence-electron chi connectivity index (χ4n) is 2.04. The highest BCUT2D eigenvalue weighted by atomic mass is 19.4. The minimum absolute atomic E-state index is 0.0326. The molecule has 1 aromatic carbocycles. The van der Waals surface area contributed by atoms with Crippen molar-refractivity contribution in [3.05, 3.63) is 35.0 Å². The number of aryl methyl sites for hydroxylation is 1. The molecule has 2 rings (SSSR count). The minimum atomic E-state index is -4.56. The highest BCUT2D eigenvalue weighted by Crippen LogP contribution is 2.35. The predicted molar refractivity (Wildman–Crippen MR) is 82.3 cm³/mol. The van der Waals surface area contributed by atoms with E-state index < -0.39 is 11.7 Å². The van der Waals surface area contributed by atoms with Crippen LogP contribution in [0.1, 0.15) is 16.7 Å². The maximum absolute atomic E-state index is 12.9. The topological polar surface area (TPSA) is 82.9 Å². The zero-order chi connectivity index (χ0) is 17.9. The van der Waals surface area contributed by atoms with E-state index in [4.69, 9.17) is 10.00 Å². The molecule has 24 heavy (non-hydrogen) atoms. The number of methoxy groups -OCH3 is 1. The van der Waals surface area contributed by atoms with E-state index in [1.807, 2.05) is 6.07 Å². The van der Waals surface area contributed by atoms with E-state index >= 15 is 0 Å². The van der Waals surface area contributed by atoms with Crippen LogP contribution in [0.25, 0.3) is 0 Å². The summed E-state index contributed by atoms with van der Waals surface area (Å²) in [4.78, 5) is 7.52. The Balaban J connectivity index is 2.42. The van der Waals surface area contributed by atoms with E-state index in [-0.39, 0.29) is 11.8 Å². The maximum atomic E-state index is 12.9. The average Bonchev–Trinajstić information content (AvgIpc) is 2.54. The Bertz CT molecular complexity index is 799. The van der Waals surface area contributed by atoms with Crippen LogP contribution in [-0.2, 0) is 6.18 Å². The Kier molecular flexibility index (Phi) is 4.78. The first-order valence-corrected chi connectivity index (χ1v) is 6.78. The lowest BCUT2D eigenvalue weighted by molar-refractivity contribution is -0.137. The summed E-state index contributed by atoms with van der Waals surface area (Å²) in [6.07, 6.45) is -3.86. The molecule has 0 unspecified atom stereocenters. The third kappa shape index (κ3) is 3.48. The molecule has 126 valence electrons. The second-order valence-corrected chi connectivity index (χ2v) is 4.81. The number of alkyl halides is 3. The lowest BCUT2D eigenvalue weighted by Gasteiger charge is -2.15. The Labute approximate surface area is 136 Å². The highest BCUT2D eigenvalue weighted by Gasteiger charge is 2.35. The molecule has 1 aromatic heterocycles. The fraction of sp³-hybridized carbons (Fsp3) is 0.267. The first kappa shape index (κ1) is 17.3. The summed E-state index contributed by atoms with van der Waals surface area (Å²) < 4.78 is 43.8. The summed E-state index contributed by atoms with van der Waals surface area (Å²) in [5.74, 6) is -0.0225. The molecule has 0 spiro atoms.